The van der Waals surface area contributed by atoms with E-state index in [9.17, 15) is 14.9 Å². The molecule has 2 heterocycles. The van der Waals surface area contributed by atoms with E-state index in [-0.39, 0.29) is 36.3 Å². The van der Waals surface area contributed by atoms with Crippen LogP contribution >= 0.6 is 47.0 Å². The quantitative estimate of drug-likeness (QED) is 0.0724. The Labute approximate surface area is 278 Å². The van der Waals surface area contributed by atoms with Crippen LogP contribution in [0.1, 0.15) is 79.1 Å². The molecule has 0 spiro atoms. The van der Waals surface area contributed by atoms with Gasteiger partial charge in [-0.15, -0.1) is 0 Å². The van der Waals surface area contributed by atoms with E-state index in [2.05, 4.69) is 38.6 Å². The number of hydrogen-bond donors (Lipinski definition) is 0. The average molecular weight is 677 g/mol. The van der Waals surface area contributed by atoms with Gasteiger partial charge in [0.1, 0.15) is 17.6 Å². The Kier molecular flexibility index (Phi) is 14.7. The fraction of sp³-hybridized carbons (Fsp3) is 0.562. The highest BCUT2D eigenvalue weighted by molar-refractivity contribution is 8.26. The molecule has 1 aromatic carbocycles. The Morgan fingerprint density at radius 3 is 1.57 bits per heavy atom. The van der Waals surface area contributed by atoms with Crippen molar-refractivity contribution in [3.63, 3.8) is 0 Å². The normalized spacial score (nSPS) is 14.5. The number of thioether (sulfide) groups is 4. The molecule has 0 aromatic heterocycles. The summed E-state index contributed by atoms with van der Waals surface area (Å²) in [6, 6.07) is 2.05. The molecule has 0 saturated heterocycles. The topological polar surface area (TPSA) is 99.2 Å². The summed E-state index contributed by atoms with van der Waals surface area (Å²) in [5.74, 6) is 0.336. The van der Waals surface area contributed by atoms with Crippen LogP contribution in [0.15, 0.2) is 39.3 Å². The third-order valence-electron chi connectivity index (χ3n) is 7.43. The second-order valence-corrected chi connectivity index (χ2v) is 14.9. The highest BCUT2D eigenvalue weighted by Gasteiger charge is 2.39. The van der Waals surface area contributed by atoms with Crippen LogP contribution in [0, 0.1) is 29.7 Å². The second kappa shape index (κ2) is 17.9. The molecular formula is C32H40N2O6S4. The first-order chi connectivity index (χ1) is 21.3. The zero-order valence-corrected chi connectivity index (χ0v) is 29.5. The number of nitriles is 1. The summed E-state index contributed by atoms with van der Waals surface area (Å²) in [6.07, 6.45) is 8.05. The summed E-state index contributed by atoms with van der Waals surface area (Å²) in [5.41, 5.74) is -0.111. The first-order valence-electron chi connectivity index (χ1n) is 15.0. The first kappa shape index (κ1) is 36.1. The Hall–Kier alpha value is -2.38. The van der Waals surface area contributed by atoms with Gasteiger partial charge in [-0.3, -0.25) is 4.79 Å². The van der Waals surface area contributed by atoms with Crippen molar-refractivity contribution >= 4 is 59.0 Å². The molecule has 0 N–H and O–H groups in total. The van der Waals surface area contributed by atoms with Crippen LogP contribution < -0.4 is 9.47 Å². The maximum Gasteiger partial charge on any atom is 0.350 e. The van der Waals surface area contributed by atoms with Gasteiger partial charge >= 0.3 is 11.9 Å². The summed E-state index contributed by atoms with van der Waals surface area (Å²) in [4.78, 5) is 32.4. The number of ether oxygens (including phenoxy) is 4. The molecule has 0 aliphatic carbocycles. The van der Waals surface area contributed by atoms with Crippen LogP contribution in [0.2, 0.25) is 0 Å². The number of carbonyl (C=O) groups is 2. The molecule has 12 heteroatoms. The molecule has 2 aliphatic rings. The van der Waals surface area contributed by atoms with Crippen molar-refractivity contribution < 1.29 is 28.5 Å². The molecule has 0 bridgehead atoms. The van der Waals surface area contributed by atoms with Crippen molar-refractivity contribution in [3.8, 4) is 17.6 Å². The molecule has 44 heavy (non-hydrogen) atoms. The molecule has 2 aliphatic heterocycles. The molecule has 0 fully saturated rings. The van der Waals surface area contributed by atoms with E-state index in [1.54, 1.807) is 14.2 Å². The Morgan fingerprint density at radius 2 is 1.20 bits per heavy atom. The SMILES string of the molecule is [C-]#[N+]C(C(=O)OCC(CC)CCCC)=C1Sc2c(OC)c3c(c(OC)c2S1)SC(=C(C#N)C(=O)OCC(CC)CCCC)S3. The van der Waals surface area contributed by atoms with E-state index >= 15 is 0 Å². The molecule has 0 radical (unpaired) electrons. The fourth-order valence-electron chi connectivity index (χ4n) is 4.64. The standard InChI is InChI=1S/C32H40N2O6S4/c1-8-12-14-19(10-3)17-39-29(35)21(16-33)31-41-25-23(37-6)27-28(24(38-7)26(25)42-31)44-32(43-27)22(34-5)30(36)40-18-20(11-4)15-13-9-2/h19-20H,8-15,17-18H2,1-4,6-7H3. The lowest BCUT2D eigenvalue weighted by Crippen LogP contribution is -2.15. The van der Waals surface area contributed by atoms with Gasteiger partial charge < -0.3 is 18.9 Å². The van der Waals surface area contributed by atoms with Gasteiger partial charge in [0.2, 0.25) is 0 Å². The Morgan fingerprint density at radius 1 is 0.773 bits per heavy atom. The van der Waals surface area contributed by atoms with Crippen molar-refractivity contribution in [2.75, 3.05) is 27.4 Å². The van der Waals surface area contributed by atoms with Gasteiger partial charge in [-0.2, -0.15) is 5.26 Å². The van der Waals surface area contributed by atoms with E-state index in [0.717, 1.165) is 51.4 Å². The third-order valence-corrected chi connectivity index (χ3v) is 12.6. The number of benzene rings is 1. The number of nitrogens with zero attached hydrogens (tertiary/aromatic N) is 2. The van der Waals surface area contributed by atoms with Crippen LogP contribution in [0.3, 0.4) is 0 Å². The van der Waals surface area contributed by atoms with Crippen molar-refractivity contribution in [2.24, 2.45) is 11.8 Å². The summed E-state index contributed by atoms with van der Waals surface area (Å²) >= 11 is 5.06. The monoisotopic (exact) mass is 676 g/mol. The first-order valence-corrected chi connectivity index (χ1v) is 18.2. The van der Waals surface area contributed by atoms with Crippen LogP contribution in [0.4, 0.5) is 0 Å². The van der Waals surface area contributed by atoms with E-state index in [4.69, 9.17) is 25.5 Å². The van der Waals surface area contributed by atoms with Gasteiger partial charge in [0, 0.05) is 0 Å². The lowest BCUT2D eigenvalue weighted by atomic mass is 10.0. The highest BCUT2D eigenvalue weighted by Crippen LogP contribution is 2.68. The van der Waals surface area contributed by atoms with Gasteiger partial charge in [0.05, 0.1) is 62.1 Å². The van der Waals surface area contributed by atoms with E-state index in [1.165, 1.54) is 47.0 Å². The molecule has 0 amide bonds. The van der Waals surface area contributed by atoms with Gasteiger partial charge in [0.15, 0.2) is 5.57 Å². The number of carbonyl (C=O) groups excluding carboxylic acids is 2. The van der Waals surface area contributed by atoms with Gasteiger partial charge in [0.25, 0.3) is 5.70 Å². The highest BCUT2D eigenvalue weighted by atomic mass is 32.2. The van der Waals surface area contributed by atoms with E-state index < -0.39 is 11.9 Å². The number of hydrogen-bond acceptors (Lipinski definition) is 11. The Balaban J connectivity index is 1.88. The number of methoxy groups -OCH3 is 2. The summed E-state index contributed by atoms with van der Waals surface area (Å²) in [6.45, 7) is 16.7. The van der Waals surface area contributed by atoms with Gasteiger partial charge in [-0.05, 0) is 24.7 Å². The van der Waals surface area contributed by atoms with Crippen molar-refractivity contribution in [2.45, 2.75) is 98.6 Å². The predicted molar refractivity (Wildman–Crippen MR) is 178 cm³/mol. The summed E-state index contributed by atoms with van der Waals surface area (Å²) < 4.78 is 23.9. The molecule has 2 unspecified atom stereocenters. The van der Waals surface area contributed by atoms with E-state index in [0.29, 0.717) is 39.6 Å². The second-order valence-electron chi connectivity index (χ2n) is 10.3. The lowest BCUT2D eigenvalue weighted by Gasteiger charge is -2.14. The average Bonchev–Trinajstić information content (AvgIpc) is 3.65. The number of rotatable bonds is 16. The molecule has 1 aromatic rings. The largest absolute Gasteiger partial charge is 0.494 e. The van der Waals surface area contributed by atoms with Crippen molar-refractivity contribution in [1.82, 2.24) is 0 Å². The van der Waals surface area contributed by atoms with Crippen LogP contribution in [-0.2, 0) is 19.1 Å². The molecular weight excluding hydrogens is 637 g/mol. The van der Waals surface area contributed by atoms with Gasteiger partial charge in [-0.1, -0.05) is 113 Å². The lowest BCUT2D eigenvalue weighted by molar-refractivity contribution is -0.141. The maximum absolute atomic E-state index is 13.0. The van der Waals surface area contributed by atoms with E-state index in [1.807, 2.05) is 0 Å². The minimum Gasteiger partial charge on any atom is -0.494 e. The zero-order chi connectivity index (χ0) is 32.2. The zero-order valence-electron chi connectivity index (χ0n) is 26.2. The minimum absolute atomic E-state index is 0.0472. The molecule has 8 nitrogen and oxygen atoms in total. The number of unbranched alkanes of at least 4 members (excludes halogenated alkanes) is 2. The minimum atomic E-state index is -0.634. The number of esters is 2. The van der Waals surface area contributed by atoms with Crippen LogP contribution in [0.25, 0.3) is 4.85 Å². The maximum atomic E-state index is 13.0. The smallest absolute Gasteiger partial charge is 0.350 e. The van der Waals surface area contributed by atoms with Crippen molar-refractivity contribution in [3.05, 3.63) is 31.2 Å². The number of fused-ring (bicyclic) bond motifs is 2. The molecule has 238 valence electrons. The third kappa shape index (κ3) is 8.45. The fourth-order valence-corrected chi connectivity index (χ4v) is 10.1. The molecule has 3 rings (SSSR count). The molecule has 0 saturated carbocycles. The van der Waals surface area contributed by atoms with Gasteiger partial charge in [-0.25, -0.2) is 9.64 Å². The van der Waals surface area contributed by atoms with Crippen molar-refractivity contribution in [1.29, 1.82) is 5.26 Å². The molecule has 2 atom stereocenters. The predicted octanol–water partition coefficient (Wildman–Crippen LogP) is 9.44. The summed E-state index contributed by atoms with van der Waals surface area (Å²) in [7, 11) is 3.10. The Bertz CT molecular complexity index is 1230. The van der Waals surface area contributed by atoms with Crippen LogP contribution in [-0.4, -0.2) is 39.4 Å². The van der Waals surface area contributed by atoms with Crippen LogP contribution in [0.5, 0.6) is 11.5 Å². The summed E-state index contributed by atoms with van der Waals surface area (Å²) in [5, 5.41) is 9.95.